The van der Waals surface area contributed by atoms with Crippen LogP contribution in [0.25, 0.3) is 0 Å². The van der Waals surface area contributed by atoms with Gasteiger partial charge in [0, 0.05) is 31.4 Å². The van der Waals surface area contributed by atoms with Gasteiger partial charge in [-0.05, 0) is 25.1 Å². The SMILES string of the molecule is Cc1cc(COc2cccc(N(C)C)c2)oc1C(=O)NN. The normalized spacial score (nSPS) is 10.3. The number of nitrogens with two attached hydrogens (primary N) is 1. The molecule has 0 radical (unpaired) electrons. The highest BCUT2D eigenvalue weighted by Crippen LogP contribution is 2.21. The number of rotatable bonds is 5. The summed E-state index contributed by atoms with van der Waals surface area (Å²) in [7, 11) is 3.93. The van der Waals surface area contributed by atoms with E-state index in [2.05, 4.69) is 5.43 Å². The van der Waals surface area contributed by atoms with Crippen LogP contribution in [-0.4, -0.2) is 20.0 Å². The summed E-state index contributed by atoms with van der Waals surface area (Å²) >= 11 is 0. The number of hydrogen-bond acceptors (Lipinski definition) is 5. The summed E-state index contributed by atoms with van der Waals surface area (Å²) in [5.74, 6) is 6.16. The number of nitrogens with zero attached hydrogens (tertiary/aromatic N) is 1. The molecule has 0 unspecified atom stereocenters. The molecule has 112 valence electrons. The lowest BCUT2D eigenvalue weighted by molar-refractivity contribution is 0.0921. The number of nitrogens with one attached hydrogen (secondary N) is 1. The summed E-state index contributed by atoms with van der Waals surface area (Å²) in [5.41, 5.74) is 3.82. The molecule has 0 spiro atoms. The molecule has 3 N–H and O–H groups in total. The molecule has 1 amide bonds. The predicted molar refractivity (Wildman–Crippen MR) is 80.2 cm³/mol. The molecule has 1 aromatic carbocycles. The number of anilines is 1. The fourth-order valence-corrected chi connectivity index (χ4v) is 1.92. The minimum absolute atomic E-state index is 0.207. The third kappa shape index (κ3) is 3.55. The predicted octanol–water partition coefficient (Wildman–Crippen LogP) is 1.84. The van der Waals surface area contributed by atoms with E-state index in [9.17, 15) is 4.79 Å². The Morgan fingerprint density at radius 1 is 1.38 bits per heavy atom. The van der Waals surface area contributed by atoms with Gasteiger partial charge >= 0.3 is 5.91 Å². The lowest BCUT2D eigenvalue weighted by Gasteiger charge is -2.13. The summed E-state index contributed by atoms with van der Waals surface area (Å²) in [6, 6.07) is 9.49. The third-order valence-electron chi connectivity index (χ3n) is 3.02. The van der Waals surface area contributed by atoms with Crippen LogP contribution in [0.1, 0.15) is 21.9 Å². The summed E-state index contributed by atoms with van der Waals surface area (Å²) < 4.78 is 11.1. The second kappa shape index (κ2) is 6.32. The number of carbonyl (C=O) groups excluding carboxylic acids is 1. The molecular weight excluding hydrogens is 270 g/mol. The topological polar surface area (TPSA) is 80.7 Å². The van der Waals surface area contributed by atoms with E-state index in [4.69, 9.17) is 15.0 Å². The molecule has 0 aliphatic carbocycles. The van der Waals surface area contributed by atoms with E-state index < -0.39 is 5.91 Å². The first kappa shape index (κ1) is 14.9. The van der Waals surface area contributed by atoms with Gasteiger partial charge in [0.05, 0.1) is 0 Å². The zero-order chi connectivity index (χ0) is 15.4. The molecule has 0 atom stereocenters. The van der Waals surface area contributed by atoms with Crippen LogP contribution in [0.15, 0.2) is 34.7 Å². The van der Waals surface area contributed by atoms with E-state index in [1.54, 1.807) is 13.0 Å². The van der Waals surface area contributed by atoms with Crippen LogP contribution >= 0.6 is 0 Å². The number of hydrazine groups is 1. The Labute approximate surface area is 123 Å². The Kier molecular flexibility index (Phi) is 4.49. The van der Waals surface area contributed by atoms with Crippen molar-refractivity contribution < 1.29 is 13.9 Å². The average Bonchev–Trinajstić information content (AvgIpc) is 2.85. The number of furan rings is 1. The van der Waals surface area contributed by atoms with Gasteiger partial charge in [-0.3, -0.25) is 10.2 Å². The molecule has 21 heavy (non-hydrogen) atoms. The van der Waals surface area contributed by atoms with Gasteiger partial charge in [0.1, 0.15) is 18.1 Å². The van der Waals surface area contributed by atoms with Gasteiger partial charge in [0.15, 0.2) is 5.76 Å². The maximum absolute atomic E-state index is 11.5. The summed E-state index contributed by atoms with van der Waals surface area (Å²) in [6.07, 6.45) is 0. The highest BCUT2D eigenvalue weighted by molar-refractivity contribution is 5.92. The second-order valence-electron chi connectivity index (χ2n) is 4.88. The first-order chi connectivity index (χ1) is 10.0. The fraction of sp³-hybridized carbons (Fsp3) is 0.267. The number of amides is 1. The second-order valence-corrected chi connectivity index (χ2v) is 4.88. The Hall–Kier alpha value is -2.47. The minimum atomic E-state index is -0.451. The van der Waals surface area contributed by atoms with Crippen LogP contribution in [0.3, 0.4) is 0 Å². The molecular formula is C15H19N3O3. The third-order valence-corrected chi connectivity index (χ3v) is 3.02. The molecule has 0 aliphatic heterocycles. The fourth-order valence-electron chi connectivity index (χ4n) is 1.92. The zero-order valence-electron chi connectivity index (χ0n) is 12.3. The van der Waals surface area contributed by atoms with Crippen molar-refractivity contribution in [3.8, 4) is 5.75 Å². The van der Waals surface area contributed by atoms with Crippen molar-refractivity contribution in [2.24, 2.45) is 5.84 Å². The molecule has 1 aromatic heterocycles. The minimum Gasteiger partial charge on any atom is -0.486 e. The zero-order valence-corrected chi connectivity index (χ0v) is 12.3. The van der Waals surface area contributed by atoms with Crippen LogP contribution in [-0.2, 0) is 6.61 Å². The lowest BCUT2D eigenvalue weighted by atomic mass is 10.2. The van der Waals surface area contributed by atoms with Crippen molar-refractivity contribution in [2.75, 3.05) is 19.0 Å². The number of benzene rings is 1. The smallest absolute Gasteiger partial charge is 0.301 e. The van der Waals surface area contributed by atoms with Gasteiger partial charge in [0.25, 0.3) is 0 Å². The number of nitrogen functional groups attached to an aromatic ring is 1. The van der Waals surface area contributed by atoms with Crippen molar-refractivity contribution in [3.63, 3.8) is 0 Å². The van der Waals surface area contributed by atoms with Crippen LogP contribution < -0.4 is 20.9 Å². The van der Waals surface area contributed by atoms with Crippen molar-refractivity contribution in [3.05, 3.63) is 47.4 Å². The molecule has 6 nitrogen and oxygen atoms in total. The van der Waals surface area contributed by atoms with Crippen molar-refractivity contribution >= 4 is 11.6 Å². The van der Waals surface area contributed by atoms with Crippen molar-refractivity contribution in [2.45, 2.75) is 13.5 Å². The van der Waals surface area contributed by atoms with E-state index in [1.165, 1.54) is 0 Å². The van der Waals surface area contributed by atoms with Gasteiger partial charge < -0.3 is 14.1 Å². The Bertz CT molecular complexity index is 635. The van der Waals surface area contributed by atoms with Crippen LogP contribution in [0.4, 0.5) is 5.69 Å². The van der Waals surface area contributed by atoms with E-state index >= 15 is 0 Å². The van der Waals surface area contributed by atoms with Crippen LogP contribution in [0.5, 0.6) is 5.75 Å². The van der Waals surface area contributed by atoms with E-state index in [0.29, 0.717) is 5.76 Å². The highest BCUT2D eigenvalue weighted by Gasteiger charge is 2.14. The number of aryl methyl sites for hydroxylation is 1. The summed E-state index contributed by atoms with van der Waals surface area (Å²) in [6.45, 7) is 2.03. The maximum atomic E-state index is 11.5. The Morgan fingerprint density at radius 3 is 2.81 bits per heavy atom. The van der Waals surface area contributed by atoms with Gasteiger partial charge in [-0.1, -0.05) is 6.07 Å². The molecule has 0 bridgehead atoms. The summed E-state index contributed by atoms with van der Waals surface area (Å²) in [5, 5.41) is 0. The van der Waals surface area contributed by atoms with Crippen molar-refractivity contribution in [1.29, 1.82) is 0 Å². The molecule has 0 fully saturated rings. The van der Waals surface area contributed by atoms with Crippen molar-refractivity contribution in [1.82, 2.24) is 5.43 Å². The molecule has 0 aliphatic rings. The molecule has 6 heteroatoms. The average molecular weight is 289 g/mol. The molecule has 2 rings (SSSR count). The van der Waals surface area contributed by atoms with E-state index in [-0.39, 0.29) is 12.4 Å². The van der Waals surface area contributed by atoms with Gasteiger partial charge in [-0.15, -0.1) is 0 Å². The Morgan fingerprint density at radius 2 is 2.14 bits per heavy atom. The molecule has 0 saturated carbocycles. The van der Waals surface area contributed by atoms with Crippen LogP contribution in [0.2, 0.25) is 0 Å². The summed E-state index contributed by atoms with van der Waals surface area (Å²) in [4.78, 5) is 13.5. The van der Waals surface area contributed by atoms with Gasteiger partial charge in [0.2, 0.25) is 0 Å². The number of ether oxygens (including phenoxy) is 1. The quantitative estimate of drug-likeness (QED) is 0.498. The molecule has 2 aromatic rings. The van der Waals surface area contributed by atoms with Gasteiger partial charge in [-0.2, -0.15) is 0 Å². The number of hydrogen-bond donors (Lipinski definition) is 2. The maximum Gasteiger partial charge on any atom is 0.301 e. The first-order valence-corrected chi connectivity index (χ1v) is 6.51. The monoisotopic (exact) mass is 289 g/mol. The van der Waals surface area contributed by atoms with Crippen LogP contribution in [0, 0.1) is 6.92 Å². The molecule has 0 saturated heterocycles. The molecule has 1 heterocycles. The van der Waals surface area contributed by atoms with E-state index in [0.717, 1.165) is 17.0 Å². The highest BCUT2D eigenvalue weighted by atomic mass is 16.5. The standard InChI is InChI=1S/C15H19N3O3/c1-10-7-13(21-14(10)15(19)17-16)9-20-12-6-4-5-11(8-12)18(2)3/h4-8H,9,16H2,1-3H3,(H,17,19). The lowest BCUT2D eigenvalue weighted by Crippen LogP contribution is -2.30. The van der Waals surface area contributed by atoms with Gasteiger partial charge in [-0.25, -0.2) is 5.84 Å². The van der Waals surface area contributed by atoms with E-state index in [1.807, 2.05) is 43.3 Å². The first-order valence-electron chi connectivity index (χ1n) is 6.51. The largest absolute Gasteiger partial charge is 0.486 e. The number of carbonyl (C=O) groups is 1. The Balaban J connectivity index is 2.06.